The zero-order chi connectivity index (χ0) is 23.9. The fourth-order valence-corrected chi connectivity index (χ4v) is 5.52. The van der Waals surface area contributed by atoms with E-state index in [0.717, 1.165) is 42.0 Å². The lowest BCUT2D eigenvalue weighted by molar-refractivity contribution is 0.0772. The van der Waals surface area contributed by atoms with E-state index in [0.29, 0.717) is 6.61 Å². The Morgan fingerprint density at radius 3 is 2.49 bits per heavy atom. The van der Waals surface area contributed by atoms with Crippen LogP contribution in [0, 0.1) is 0 Å². The third-order valence-corrected chi connectivity index (χ3v) is 7.45. The van der Waals surface area contributed by atoms with Crippen LogP contribution in [0.4, 0.5) is 11.4 Å². The van der Waals surface area contributed by atoms with Gasteiger partial charge in [0.25, 0.3) is 0 Å². The maximum Gasteiger partial charge on any atom is 0.228 e. The number of unbranched alkanes of at least 4 members (excludes halogenated alkanes) is 1. The summed E-state index contributed by atoms with van der Waals surface area (Å²) in [5.41, 5.74) is 2.45. The van der Waals surface area contributed by atoms with E-state index in [-0.39, 0.29) is 5.41 Å². The maximum absolute atomic E-state index is 6.97. The molecule has 2 aliphatic heterocycles. The van der Waals surface area contributed by atoms with Gasteiger partial charge in [-0.3, -0.25) is 4.99 Å². The minimum Gasteiger partial charge on any atom is -0.494 e. The Morgan fingerprint density at radius 1 is 0.829 bits per heavy atom. The molecule has 4 nitrogen and oxygen atoms in total. The Bertz CT molecular complexity index is 1400. The highest BCUT2D eigenvalue weighted by molar-refractivity contribution is 5.99. The molecule has 0 aliphatic carbocycles. The van der Waals surface area contributed by atoms with Gasteiger partial charge in [0.1, 0.15) is 17.2 Å². The molecule has 4 aromatic rings. The quantitative estimate of drug-likeness (QED) is 0.282. The van der Waals surface area contributed by atoms with Crippen molar-refractivity contribution >= 4 is 28.4 Å². The number of nitrogens with zero attached hydrogens (tertiary/aromatic N) is 2. The molecule has 4 heteroatoms. The summed E-state index contributed by atoms with van der Waals surface area (Å²) in [6.07, 6.45) is 3.99. The van der Waals surface area contributed by atoms with E-state index in [2.05, 4.69) is 79.4 Å². The van der Waals surface area contributed by atoms with Crippen molar-refractivity contribution in [2.75, 3.05) is 18.1 Å². The summed E-state index contributed by atoms with van der Waals surface area (Å²) in [5.74, 6) is 1.76. The third-order valence-electron chi connectivity index (χ3n) is 7.45. The van der Waals surface area contributed by atoms with Gasteiger partial charge in [-0.1, -0.05) is 66.7 Å². The molecule has 2 aliphatic rings. The van der Waals surface area contributed by atoms with Gasteiger partial charge in [-0.05, 0) is 61.9 Å². The van der Waals surface area contributed by atoms with Crippen molar-refractivity contribution in [3.63, 3.8) is 0 Å². The number of fused-ring (bicyclic) bond motifs is 4. The van der Waals surface area contributed by atoms with Crippen LogP contribution >= 0.6 is 0 Å². The molecule has 2 heterocycles. The fraction of sp³-hybridized carbons (Fsp3) is 0.258. The zero-order valence-corrected chi connectivity index (χ0v) is 20.3. The van der Waals surface area contributed by atoms with Crippen molar-refractivity contribution in [1.82, 2.24) is 0 Å². The monoisotopic (exact) mass is 462 g/mol. The molecule has 0 radical (unpaired) electrons. The van der Waals surface area contributed by atoms with Crippen LogP contribution in [0.5, 0.6) is 11.5 Å². The van der Waals surface area contributed by atoms with E-state index in [1.54, 1.807) is 0 Å². The van der Waals surface area contributed by atoms with E-state index >= 15 is 0 Å². The molecule has 0 bridgehead atoms. The molecule has 1 atom stereocenters. The van der Waals surface area contributed by atoms with Gasteiger partial charge in [0, 0.05) is 17.6 Å². The number of hydrogen-bond donors (Lipinski definition) is 0. The molecule has 0 N–H and O–H groups in total. The highest BCUT2D eigenvalue weighted by Crippen LogP contribution is 2.54. The van der Waals surface area contributed by atoms with Crippen LogP contribution in [0.3, 0.4) is 0 Å². The number of aliphatic imine (C=N–C) groups is 1. The Labute approximate surface area is 206 Å². The average molecular weight is 463 g/mol. The zero-order valence-electron chi connectivity index (χ0n) is 20.3. The van der Waals surface area contributed by atoms with Gasteiger partial charge in [-0.15, -0.1) is 0 Å². The smallest absolute Gasteiger partial charge is 0.228 e. The summed E-state index contributed by atoms with van der Waals surface area (Å²) in [5, 5.41) is 2.29. The predicted octanol–water partition coefficient (Wildman–Crippen LogP) is 7.29. The van der Waals surface area contributed by atoms with Gasteiger partial charge in [-0.25, -0.2) is 0 Å². The van der Waals surface area contributed by atoms with E-state index in [1.165, 1.54) is 16.6 Å². The lowest BCUT2D eigenvalue weighted by Gasteiger charge is -2.46. The highest BCUT2D eigenvalue weighted by atomic mass is 16.5. The van der Waals surface area contributed by atoms with Crippen molar-refractivity contribution in [3.8, 4) is 11.5 Å². The lowest BCUT2D eigenvalue weighted by Crippen LogP contribution is -2.62. The van der Waals surface area contributed by atoms with E-state index < -0.39 is 5.72 Å². The molecular weight excluding hydrogens is 432 g/mol. The van der Waals surface area contributed by atoms with Crippen LogP contribution in [0.2, 0.25) is 0 Å². The van der Waals surface area contributed by atoms with Gasteiger partial charge in [0.15, 0.2) is 0 Å². The molecule has 176 valence electrons. The molecule has 1 spiro atoms. The van der Waals surface area contributed by atoms with Crippen molar-refractivity contribution in [2.45, 2.75) is 37.8 Å². The molecule has 0 aromatic heterocycles. The summed E-state index contributed by atoms with van der Waals surface area (Å²) in [7, 11) is 0. The number of ether oxygens (including phenoxy) is 2. The molecule has 0 fully saturated rings. The minimum absolute atomic E-state index is 0.281. The summed E-state index contributed by atoms with van der Waals surface area (Å²) < 4.78 is 12.9. The summed E-state index contributed by atoms with van der Waals surface area (Å²) in [6, 6.07) is 31.2. The lowest BCUT2D eigenvalue weighted by atomic mass is 9.77. The van der Waals surface area contributed by atoms with Crippen molar-refractivity contribution in [3.05, 3.63) is 96.6 Å². The number of para-hydroxylation sites is 2. The van der Waals surface area contributed by atoms with Crippen LogP contribution in [0.15, 0.2) is 96.0 Å². The van der Waals surface area contributed by atoms with Gasteiger partial charge < -0.3 is 14.4 Å². The molecule has 35 heavy (non-hydrogen) atoms. The molecule has 1 unspecified atom stereocenters. The van der Waals surface area contributed by atoms with Gasteiger partial charge in [0.2, 0.25) is 5.72 Å². The second-order valence-electron chi connectivity index (χ2n) is 9.85. The molecule has 0 saturated heterocycles. The first-order valence-corrected chi connectivity index (χ1v) is 12.4. The normalized spacial score (nSPS) is 19.4. The summed E-state index contributed by atoms with van der Waals surface area (Å²) in [4.78, 5) is 7.46. The Balaban J connectivity index is 1.30. The number of rotatable bonds is 6. The largest absolute Gasteiger partial charge is 0.494 e. The van der Waals surface area contributed by atoms with Crippen LogP contribution in [-0.4, -0.2) is 25.1 Å². The van der Waals surface area contributed by atoms with E-state index in [4.69, 9.17) is 14.5 Å². The molecule has 0 saturated carbocycles. The van der Waals surface area contributed by atoms with Gasteiger partial charge in [-0.2, -0.15) is 0 Å². The standard InChI is InChI=1S/C31H30N2O2/c1-30(2)26-16-8-9-17-27(26)33(20-10-11-21-34-24-13-4-3-5-14-24)31(30)22-32-29-25-15-7-6-12-23(25)18-19-28(29)35-31/h3-9,12-19,22H,10-11,20-21H2,1-2H3. The van der Waals surface area contributed by atoms with Crippen LogP contribution in [0.25, 0.3) is 10.8 Å². The first-order chi connectivity index (χ1) is 17.1. The van der Waals surface area contributed by atoms with E-state index in [1.807, 2.05) is 36.5 Å². The minimum atomic E-state index is -0.688. The van der Waals surface area contributed by atoms with Crippen molar-refractivity contribution in [1.29, 1.82) is 0 Å². The topological polar surface area (TPSA) is 34.1 Å². The second-order valence-corrected chi connectivity index (χ2v) is 9.85. The summed E-state index contributed by atoms with van der Waals surface area (Å²) >= 11 is 0. The van der Waals surface area contributed by atoms with Crippen molar-refractivity contribution in [2.24, 2.45) is 4.99 Å². The number of hydrogen-bond acceptors (Lipinski definition) is 4. The number of benzene rings is 4. The Hall–Kier alpha value is -3.79. The molecule has 0 amide bonds. The van der Waals surface area contributed by atoms with Crippen LogP contribution in [-0.2, 0) is 5.41 Å². The van der Waals surface area contributed by atoms with E-state index in [9.17, 15) is 0 Å². The van der Waals surface area contributed by atoms with Gasteiger partial charge in [0.05, 0.1) is 18.2 Å². The SMILES string of the molecule is CC1(C)c2ccccc2N(CCCCOc2ccccc2)C12C=Nc1c(ccc3ccccc13)O2. The summed E-state index contributed by atoms with van der Waals surface area (Å²) in [6.45, 7) is 6.08. The highest BCUT2D eigenvalue weighted by Gasteiger charge is 2.59. The van der Waals surface area contributed by atoms with Gasteiger partial charge >= 0.3 is 0 Å². The molecule has 6 rings (SSSR count). The first kappa shape index (κ1) is 21.7. The second kappa shape index (κ2) is 8.46. The maximum atomic E-state index is 6.97. The molecular formula is C31H30N2O2. The van der Waals surface area contributed by atoms with Crippen LogP contribution in [0.1, 0.15) is 32.3 Å². The van der Waals surface area contributed by atoms with Crippen molar-refractivity contribution < 1.29 is 9.47 Å². The average Bonchev–Trinajstić information content (AvgIpc) is 3.07. The first-order valence-electron chi connectivity index (χ1n) is 12.4. The Kier molecular flexibility index (Phi) is 5.25. The molecule has 4 aromatic carbocycles. The van der Waals surface area contributed by atoms with Crippen LogP contribution < -0.4 is 14.4 Å². The predicted molar refractivity (Wildman–Crippen MR) is 143 cm³/mol. The third kappa shape index (κ3) is 3.47. The number of anilines is 1. The fourth-order valence-electron chi connectivity index (χ4n) is 5.52. The Morgan fingerprint density at radius 2 is 1.60 bits per heavy atom.